The first kappa shape index (κ1) is 7.73. The Bertz CT molecular complexity index is 220. The van der Waals surface area contributed by atoms with E-state index < -0.39 is 6.17 Å². The van der Waals surface area contributed by atoms with Crippen molar-refractivity contribution >= 4 is 15.9 Å². The smallest absolute Gasteiger partial charge is 0.122 e. The minimum atomic E-state index is -0.877. The van der Waals surface area contributed by atoms with Crippen LogP contribution in [0.3, 0.4) is 0 Å². The van der Waals surface area contributed by atoms with Crippen LogP contribution in [0.5, 0.6) is 0 Å². The van der Waals surface area contributed by atoms with Crippen LogP contribution in [0, 0.1) is 0 Å². The fraction of sp³-hybridized carbons (Fsp3) is 0.250. The van der Waals surface area contributed by atoms with Gasteiger partial charge in [-0.2, -0.15) is 0 Å². The second-order valence-corrected chi connectivity index (χ2v) is 3.09. The molecule has 1 aromatic rings. The summed E-state index contributed by atoms with van der Waals surface area (Å²) in [4.78, 5) is 0. The summed E-state index contributed by atoms with van der Waals surface area (Å²) in [5.41, 5.74) is 0.717. The summed E-state index contributed by atoms with van der Waals surface area (Å²) < 4.78 is 13.5. The van der Waals surface area contributed by atoms with Crippen molar-refractivity contribution in [3.63, 3.8) is 0 Å². The van der Waals surface area contributed by atoms with Gasteiger partial charge in [-0.25, -0.2) is 4.39 Å². The van der Waals surface area contributed by atoms with Crippen molar-refractivity contribution in [3.8, 4) is 0 Å². The molecule has 0 spiro atoms. The monoisotopic (exact) mass is 202 g/mol. The third-order valence-corrected chi connectivity index (χ3v) is 1.80. The van der Waals surface area contributed by atoms with Crippen molar-refractivity contribution in [1.82, 2.24) is 0 Å². The zero-order valence-electron chi connectivity index (χ0n) is 5.64. The number of hydrogen-bond acceptors (Lipinski definition) is 0. The van der Waals surface area contributed by atoms with Crippen LogP contribution in [0.15, 0.2) is 28.7 Å². The summed E-state index contributed by atoms with van der Waals surface area (Å²) in [5, 5.41) is 0. The zero-order valence-corrected chi connectivity index (χ0v) is 7.23. The van der Waals surface area contributed by atoms with Gasteiger partial charge in [0.2, 0.25) is 0 Å². The fourth-order valence-electron chi connectivity index (χ4n) is 0.754. The third-order valence-electron chi connectivity index (χ3n) is 1.31. The van der Waals surface area contributed by atoms with Crippen LogP contribution < -0.4 is 0 Å². The summed E-state index contributed by atoms with van der Waals surface area (Å²) in [7, 11) is 0. The third kappa shape index (κ3) is 1.81. The number of hydrogen-bond donors (Lipinski definition) is 0. The molecule has 0 aromatic heterocycles. The highest BCUT2D eigenvalue weighted by molar-refractivity contribution is 9.10. The van der Waals surface area contributed by atoms with Gasteiger partial charge in [-0.1, -0.05) is 28.1 Å². The Balaban J connectivity index is 2.96. The van der Waals surface area contributed by atoms with Gasteiger partial charge in [0.05, 0.1) is 0 Å². The molecule has 0 saturated carbocycles. The zero-order chi connectivity index (χ0) is 7.56. The van der Waals surface area contributed by atoms with Gasteiger partial charge in [-0.15, -0.1) is 0 Å². The maximum Gasteiger partial charge on any atom is 0.122 e. The molecule has 0 nitrogen and oxygen atoms in total. The van der Waals surface area contributed by atoms with E-state index in [1.807, 2.05) is 12.1 Å². The Labute approximate surface area is 68.2 Å². The first-order valence-corrected chi connectivity index (χ1v) is 3.89. The van der Waals surface area contributed by atoms with Crippen molar-refractivity contribution in [2.75, 3.05) is 0 Å². The highest BCUT2D eigenvalue weighted by atomic mass is 79.9. The highest BCUT2D eigenvalue weighted by Crippen LogP contribution is 2.19. The van der Waals surface area contributed by atoms with Crippen molar-refractivity contribution in [1.29, 1.82) is 0 Å². The van der Waals surface area contributed by atoms with E-state index in [4.69, 9.17) is 0 Å². The van der Waals surface area contributed by atoms with Crippen LogP contribution in [0.2, 0.25) is 0 Å². The van der Waals surface area contributed by atoms with Gasteiger partial charge in [-0.05, 0) is 24.6 Å². The molecule has 0 bridgehead atoms. The van der Waals surface area contributed by atoms with Crippen LogP contribution in [-0.2, 0) is 0 Å². The fourth-order valence-corrected chi connectivity index (χ4v) is 1.17. The molecule has 0 fully saturated rings. The van der Waals surface area contributed by atoms with E-state index >= 15 is 0 Å². The number of rotatable bonds is 1. The van der Waals surface area contributed by atoms with Crippen LogP contribution in [-0.4, -0.2) is 0 Å². The Hall–Kier alpha value is -0.370. The minimum Gasteiger partial charge on any atom is -0.243 e. The van der Waals surface area contributed by atoms with E-state index in [1.165, 1.54) is 6.92 Å². The summed E-state index contributed by atoms with van der Waals surface area (Å²) in [6, 6.07) is 7.27. The normalized spacial score (nSPS) is 13.1. The van der Waals surface area contributed by atoms with E-state index in [0.717, 1.165) is 10.0 Å². The van der Waals surface area contributed by atoms with E-state index in [0.29, 0.717) is 0 Å². The highest BCUT2D eigenvalue weighted by Gasteiger charge is 2.00. The lowest BCUT2D eigenvalue weighted by Crippen LogP contribution is -1.83. The van der Waals surface area contributed by atoms with Crippen molar-refractivity contribution in [2.24, 2.45) is 0 Å². The van der Waals surface area contributed by atoms with E-state index in [1.54, 1.807) is 12.1 Å². The largest absolute Gasteiger partial charge is 0.243 e. The molecule has 0 saturated heterocycles. The van der Waals surface area contributed by atoms with E-state index in [-0.39, 0.29) is 0 Å². The molecule has 0 unspecified atom stereocenters. The molecule has 1 aromatic carbocycles. The quantitative estimate of drug-likeness (QED) is 0.655. The Kier molecular flexibility index (Phi) is 2.44. The summed E-state index contributed by atoms with van der Waals surface area (Å²) in [5.74, 6) is 0. The SMILES string of the molecule is C[C@@H](F)c1cccc(Br)c1. The molecule has 1 rings (SSSR count). The van der Waals surface area contributed by atoms with Gasteiger partial charge in [0, 0.05) is 4.47 Å². The van der Waals surface area contributed by atoms with Crippen LogP contribution in [0.4, 0.5) is 4.39 Å². The number of benzene rings is 1. The van der Waals surface area contributed by atoms with Gasteiger partial charge >= 0.3 is 0 Å². The maximum atomic E-state index is 12.6. The molecule has 2 heteroatoms. The van der Waals surface area contributed by atoms with Gasteiger partial charge in [0.15, 0.2) is 0 Å². The van der Waals surface area contributed by atoms with Gasteiger partial charge in [0.1, 0.15) is 6.17 Å². The Morgan fingerprint density at radius 3 is 2.60 bits per heavy atom. The molecular formula is C8H8BrF. The van der Waals surface area contributed by atoms with Gasteiger partial charge in [-0.3, -0.25) is 0 Å². The van der Waals surface area contributed by atoms with Gasteiger partial charge < -0.3 is 0 Å². The first-order valence-electron chi connectivity index (χ1n) is 3.09. The molecule has 1 atom stereocenters. The predicted octanol–water partition coefficient (Wildman–Crippen LogP) is 3.48. The average Bonchev–Trinajstić information content (AvgIpc) is 1.88. The first-order chi connectivity index (χ1) is 4.70. The molecule has 10 heavy (non-hydrogen) atoms. The molecular weight excluding hydrogens is 195 g/mol. The van der Waals surface area contributed by atoms with E-state index in [2.05, 4.69) is 15.9 Å². The summed E-state index contributed by atoms with van der Waals surface area (Å²) in [6.45, 7) is 1.53. The average molecular weight is 203 g/mol. The van der Waals surface area contributed by atoms with Crippen LogP contribution >= 0.6 is 15.9 Å². The predicted molar refractivity (Wildman–Crippen MR) is 43.7 cm³/mol. The molecule has 0 radical (unpaired) electrons. The lowest BCUT2D eigenvalue weighted by Gasteiger charge is -2.00. The second kappa shape index (κ2) is 3.15. The van der Waals surface area contributed by atoms with Gasteiger partial charge in [0.25, 0.3) is 0 Å². The maximum absolute atomic E-state index is 12.6. The minimum absolute atomic E-state index is 0.717. The molecule has 0 N–H and O–H groups in total. The summed E-state index contributed by atoms with van der Waals surface area (Å²) >= 11 is 3.26. The molecule has 0 heterocycles. The molecule has 0 amide bonds. The van der Waals surface area contributed by atoms with Crippen LogP contribution in [0.25, 0.3) is 0 Å². The topological polar surface area (TPSA) is 0 Å². The second-order valence-electron chi connectivity index (χ2n) is 2.17. The molecule has 0 aliphatic rings. The lowest BCUT2D eigenvalue weighted by atomic mass is 10.1. The number of alkyl halides is 1. The van der Waals surface area contributed by atoms with Crippen LogP contribution in [0.1, 0.15) is 18.7 Å². The standard InChI is InChI=1S/C8H8BrF/c1-6(10)7-3-2-4-8(9)5-7/h2-6H,1H3/t6-/m1/s1. The Morgan fingerprint density at radius 1 is 1.50 bits per heavy atom. The van der Waals surface area contributed by atoms with Crippen molar-refractivity contribution in [2.45, 2.75) is 13.1 Å². The summed E-state index contributed by atoms with van der Waals surface area (Å²) in [6.07, 6.45) is -0.877. The molecule has 54 valence electrons. The molecule has 0 aliphatic carbocycles. The lowest BCUT2D eigenvalue weighted by molar-refractivity contribution is 0.374. The van der Waals surface area contributed by atoms with Crippen molar-refractivity contribution in [3.05, 3.63) is 34.3 Å². The van der Waals surface area contributed by atoms with Crippen molar-refractivity contribution < 1.29 is 4.39 Å². The van der Waals surface area contributed by atoms with E-state index in [9.17, 15) is 4.39 Å². The molecule has 0 aliphatic heterocycles. The Morgan fingerprint density at radius 2 is 2.20 bits per heavy atom. The number of halogens is 2.